The van der Waals surface area contributed by atoms with Crippen molar-refractivity contribution in [3.63, 3.8) is 0 Å². The number of aryl methyl sites for hydroxylation is 1. The van der Waals surface area contributed by atoms with Crippen LogP contribution in [-0.4, -0.2) is 16.6 Å². The maximum absolute atomic E-state index is 11.7. The molecule has 4 nitrogen and oxygen atoms in total. The molecule has 0 bridgehead atoms. The summed E-state index contributed by atoms with van der Waals surface area (Å²) in [4.78, 5) is 15.7. The van der Waals surface area contributed by atoms with Crippen LogP contribution in [0.3, 0.4) is 0 Å². The Morgan fingerprint density at radius 3 is 2.57 bits per heavy atom. The predicted molar refractivity (Wildman–Crippen MR) is 84.0 cm³/mol. The monoisotopic (exact) mass is 281 g/mol. The first-order valence-electron chi connectivity index (χ1n) is 7.03. The van der Waals surface area contributed by atoms with E-state index in [0.717, 1.165) is 24.1 Å². The summed E-state index contributed by atoms with van der Waals surface area (Å²) in [7, 11) is 0. The van der Waals surface area contributed by atoms with Crippen molar-refractivity contribution in [2.75, 3.05) is 0 Å². The highest BCUT2D eigenvalue weighted by molar-refractivity contribution is 5.99. The lowest BCUT2D eigenvalue weighted by molar-refractivity contribution is -0.121. The lowest BCUT2D eigenvalue weighted by Crippen LogP contribution is -2.19. The van der Waals surface area contributed by atoms with Crippen LogP contribution < -0.4 is 5.43 Å². The maximum atomic E-state index is 11.7. The molecular formula is C17H19N3O. The Morgan fingerprint density at radius 1 is 1.14 bits per heavy atom. The second kappa shape index (κ2) is 7.94. The third-order valence-corrected chi connectivity index (χ3v) is 3.16. The Labute approximate surface area is 124 Å². The molecule has 1 aromatic heterocycles. The van der Waals surface area contributed by atoms with Crippen LogP contribution in [-0.2, 0) is 11.2 Å². The molecule has 0 atom stereocenters. The van der Waals surface area contributed by atoms with Gasteiger partial charge in [0.2, 0.25) is 5.91 Å². The first-order valence-corrected chi connectivity index (χ1v) is 7.03. The Kier molecular flexibility index (Phi) is 5.64. The average molecular weight is 281 g/mol. The fourth-order valence-electron chi connectivity index (χ4n) is 1.96. The van der Waals surface area contributed by atoms with Gasteiger partial charge in [-0.05, 0) is 37.5 Å². The summed E-state index contributed by atoms with van der Waals surface area (Å²) < 4.78 is 0. The van der Waals surface area contributed by atoms with Crippen molar-refractivity contribution < 1.29 is 4.79 Å². The van der Waals surface area contributed by atoms with Crippen LogP contribution in [0, 0.1) is 0 Å². The van der Waals surface area contributed by atoms with Gasteiger partial charge in [0.25, 0.3) is 0 Å². The number of aromatic nitrogens is 1. The van der Waals surface area contributed by atoms with Gasteiger partial charge in [0.1, 0.15) is 0 Å². The van der Waals surface area contributed by atoms with Crippen LogP contribution in [0.15, 0.2) is 60.0 Å². The van der Waals surface area contributed by atoms with Gasteiger partial charge >= 0.3 is 0 Å². The zero-order chi connectivity index (χ0) is 14.9. The van der Waals surface area contributed by atoms with E-state index in [9.17, 15) is 4.79 Å². The molecule has 1 aromatic carbocycles. The molecule has 0 fully saturated rings. The van der Waals surface area contributed by atoms with E-state index in [1.54, 1.807) is 12.4 Å². The fourth-order valence-corrected chi connectivity index (χ4v) is 1.96. The van der Waals surface area contributed by atoms with Crippen molar-refractivity contribution in [3.05, 3.63) is 66.0 Å². The van der Waals surface area contributed by atoms with E-state index in [-0.39, 0.29) is 5.91 Å². The molecule has 2 aromatic rings. The van der Waals surface area contributed by atoms with Gasteiger partial charge in [-0.1, -0.05) is 30.3 Å². The lowest BCUT2D eigenvalue weighted by Gasteiger charge is -2.03. The molecule has 0 aliphatic heterocycles. The number of hydrogen-bond acceptors (Lipinski definition) is 3. The zero-order valence-electron chi connectivity index (χ0n) is 12.1. The van der Waals surface area contributed by atoms with Crippen LogP contribution in [0.4, 0.5) is 0 Å². The van der Waals surface area contributed by atoms with Crippen molar-refractivity contribution in [2.24, 2.45) is 5.10 Å². The molecule has 2 rings (SSSR count). The molecule has 0 saturated carbocycles. The normalized spacial score (nSPS) is 11.2. The Balaban J connectivity index is 1.75. The smallest absolute Gasteiger partial charge is 0.240 e. The van der Waals surface area contributed by atoms with Gasteiger partial charge in [0.15, 0.2) is 0 Å². The van der Waals surface area contributed by atoms with Crippen LogP contribution in [0.25, 0.3) is 0 Å². The summed E-state index contributed by atoms with van der Waals surface area (Å²) >= 11 is 0. The number of hydrazone groups is 1. The fraction of sp³-hybridized carbons (Fsp3) is 0.235. The quantitative estimate of drug-likeness (QED) is 0.654. The van der Waals surface area contributed by atoms with E-state index in [2.05, 4.69) is 27.6 Å². The minimum absolute atomic E-state index is 0.0562. The molecule has 1 N–H and O–H groups in total. The molecule has 0 saturated heterocycles. The summed E-state index contributed by atoms with van der Waals surface area (Å²) in [5.41, 5.74) is 5.57. The van der Waals surface area contributed by atoms with Crippen LogP contribution in [0.1, 0.15) is 30.9 Å². The molecule has 0 spiro atoms. The highest BCUT2D eigenvalue weighted by Gasteiger charge is 2.02. The van der Waals surface area contributed by atoms with Gasteiger partial charge < -0.3 is 0 Å². The van der Waals surface area contributed by atoms with E-state index in [1.165, 1.54) is 5.56 Å². The van der Waals surface area contributed by atoms with E-state index in [4.69, 9.17) is 0 Å². The van der Waals surface area contributed by atoms with Gasteiger partial charge in [0.05, 0.1) is 5.71 Å². The number of nitrogens with zero attached hydrogens (tertiary/aromatic N) is 2. The second-order valence-corrected chi connectivity index (χ2v) is 4.81. The van der Waals surface area contributed by atoms with Gasteiger partial charge in [-0.25, -0.2) is 5.43 Å². The molecule has 1 heterocycles. The number of pyridine rings is 1. The number of hydrogen-bond donors (Lipinski definition) is 1. The number of rotatable bonds is 6. The second-order valence-electron chi connectivity index (χ2n) is 4.81. The first-order chi connectivity index (χ1) is 10.3. The average Bonchev–Trinajstić information content (AvgIpc) is 2.54. The molecule has 0 aliphatic rings. The van der Waals surface area contributed by atoms with E-state index in [1.807, 2.05) is 37.3 Å². The zero-order valence-corrected chi connectivity index (χ0v) is 12.1. The Morgan fingerprint density at radius 2 is 1.86 bits per heavy atom. The van der Waals surface area contributed by atoms with Crippen LogP contribution in [0.2, 0.25) is 0 Å². The molecule has 21 heavy (non-hydrogen) atoms. The summed E-state index contributed by atoms with van der Waals surface area (Å²) in [5, 5.41) is 4.11. The van der Waals surface area contributed by atoms with Gasteiger partial charge in [-0.2, -0.15) is 5.10 Å². The number of carbonyl (C=O) groups is 1. The van der Waals surface area contributed by atoms with E-state index in [0.29, 0.717) is 6.42 Å². The minimum atomic E-state index is -0.0562. The first kappa shape index (κ1) is 14.9. The van der Waals surface area contributed by atoms with E-state index >= 15 is 0 Å². The molecule has 0 unspecified atom stereocenters. The van der Waals surface area contributed by atoms with Crippen molar-refractivity contribution in [3.8, 4) is 0 Å². The maximum Gasteiger partial charge on any atom is 0.240 e. The largest absolute Gasteiger partial charge is 0.273 e. The summed E-state index contributed by atoms with van der Waals surface area (Å²) in [6.45, 7) is 1.86. The molecular weight excluding hydrogens is 262 g/mol. The number of carbonyl (C=O) groups excluding carboxylic acids is 1. The highest BCUT2D eigenvalue weighted by Crippen LogP contribution is 2.04. The third-order valence-electron chi connectivity index (χ3n) is 3.16. The molecule has 4 heteroatoms. The number of benzene rings is 1. The number of amides is 1. The van der Waals surface area contributed by atoms with Gasteiger partial charge in [0, 0.05) is 24.4 Å². The van der Waals surface area contributed by atoms with Gasteiger partial charge in [-0.15, -0.1) is 0 Å². The van der Waals surface area contributed by atoms with Crippen molar-refractivity contribution >= 4 is 11.6 Å². The SMILES string of the molecule is CC(=NNC(=O)CCCc1ccccc1)c1ccncc1. The number of nitrogens with one attached hydrogen (secondary N) is 1. The molecule has 1 amide bonds. The van der Waals surface area contributed by atoms with Crippen LogP contribution >= 0.6 is 0 Å². The standard InChI is InChI=1S/C17H19N3O/c1-14(16-10-12-18-13-11-16)19-20-17(21)9-5-8-15-6-3-2-4-7-15/h2-4,6-7,10-13H,5,8-9H2,1H3,(H,20,21). The minimum Gasteiger partial charge on any atom is -0.273 e. The highest BCUT2D eigenvalue weighted by atomic mass is 16.2. The Bertz CT molecular complexity index is 594. The summed E-state index contributed by atoms with van der Waals surface area (Å²) in [5.74, 6) is -0.0562. The summed E-state index contributed by atoms with van der Waals surface area (Å²) in [6, 6.07) is 13.9. The van der Waals surface area contributed by atoms with Crippen molar-refractivity contribution in [1.29, 1.82) is 0 Å². The van der Waals surface area contributed by atoms with Gasteiger partial charge in [-0.3, -0.25) is 9.78 Å². The topological polar surface area (TPSA) is 54.4 Å². The van der Waals surface area contributed by atoms with Crippen molar-refractivity contribution in [2.45, 2.75) is 26.2 Å². The predicted octanol–water partition coefficient (Wildman–Crippen LogP) is 2.94. The lowest BCUT2D eigenvalue weighted by atomic mass is 10.1. The Hall–Kier alpha value is -2.49. The summed E-state index contributed by atoms with van der Waals surface area (Å²) in [6.07, 6.45) is 5.61. The van der Waals surface area contributed by atoms with E-state index < -0.39 is 0 Å². The van der Waals surface area contributed by atoms with Crippen LogP contribution in [0.5, 0.6) is 0 Å². The third kappa shape index (κ3) is 5.18. The molecule has 0 radical (unpaired) electrons. The van der Waals surface area contributed by atoms with Crippen molar-refractivity contribution in [1.82, 2.24) is 10.4 Å². The molecule has 108 valence electrons. The molecule has 0 aliphatic carbocycles.